The minimum Gasteiger partial charge on any atom is -0.493 e. The van der Waals surface area contributed by atoms with Gasteiger partial charge in [0.25, 0.3) is 0 Å². The Balaban J connectivity index is 1.79. The summed E-state index contributed by atoms with van der Waals surface area (Å²) in [6.07, 6.45) is 4.58. The van der Waals surface area contributed by atoms with Gasteiger partial charge in [-0.25, -0.2) is 0 Å². The normalized spacial score (nSPS) is 17.3. The lowest BCUT2D eigenvalue weighted by molar-refractivity contribution is -0.112. The van der Waals surface area contributed by atoms with Crippen LogP contribution in [0.4, 0.5) is 0 Å². The lowest BCUT2D eigenvalue weighted by Crippen LogP contribution is -2.46. The molecule has 35 heavy (non-hydrogen) atoms. The molecule has 2 aromatic rings. The van der Waals surface area contributed by atoms with Gasteiger partial charge in [-0.1, -0.05) is 19.9 Å². The summed E-state index contributed by atoms with van der Waals surface area (Å²) in [5.74, 6) is 3.07. The van der Waals surface area contributed by atoms with E-state index < -0.39 is 5.54 Å². The zero-order valence-electron chi connectivity index (χ0n) is 22.1. The van der Waals surface area contributed by atoms with Crippen molar-refractivity contribution in [2.24, 2.45) is 5.92 Å². The lowest BCUT2D eigenvalue weighted by atomic mass is 9.75. The maximum absolute atomic E-state index is 11.7. The Kier molecular flexibility index (Phi) is 8.89. The fourth-order valence-electron chi connectivity index (χ4n) is 5.35. The molecule has 2 atom stereocenters. The van der Waals surface area contributed by atoms with E-state index in [-0.39, 0.29) is 5.92 Å². The van der Waals surface area contributed by atoms with Gasteiger partial charge in [-0.15, -0.1) is 0 Å². The Morgan fingerprint density at radius 1 is 0.971 bits per heavy atom. The van der Waals surface area contributed by atoms with Gasteiger partial charge in [-0.2, -0.15) is 0 Å². The maximum Gasteiger partial charge on any atom is 0.207 e. The molecule has 192 valence electrons. The molecule has 0 radical (unpaired) electrons. The van der Waals surface area contributed by atoms with Crippen LogP contribution in [0.1, 0.15) is 49.8 Å². The molecule has 0 aliphatic carbocycles. The molecule has 0 spiro atoms. The summed E-state index contributed by atoms with van der Waals surface area (Å²) < 4.78 is 22.0. The summed E-state index contributed by atoms with van der Waals surface area (Å²) in [6.45, 7) is 5.17. The van der Waals surface area contributed by atoms with Gasteiger partial charge in [-0.3, -0.25) is 9.69 Å². The number of nitrogens with one attached hydrogen (secondary N) is 1. The first-order valence-electron chi connectivity index (χ1n) is 12.2. The van der Waals surface area contributed by atoms with Crippen LogP contribution in [-0.2, 0) is 23.3 Å². The predicted octanol–water partition coefficient (Wildman–Crippen LogP) is 4.55. The number of fused-ring (bicyclic) bond motifs is 1. The highest BCUT2D eigenvalue weighted by Gasteiger charge is 2.36. The van der Waals surface area contributed by atoms with E-state index in [1.807, 2.05) is 18.2 Å². The van der Waals surface area contributed by atoms with E-state index in [9.17, 15) is 4.79 Å². The summed E-state index contributed by atoms with van der Waals surface area (Å²) in [5, 5.41) is 3.17. The van der Waals surface area contributed by atoms with E-state index in [0.29, 0.717) is 17.5 Å². The van der Waals surface area contributed by atoms with Gasteiger partial charge in [0, 0.05) is 12.6 Å². The van der Waals surface area contributed by atoms with Gasteiger partial charge in [-0.05, 0) is 79.6 Å². The number of carbonyl (C=O) groups is 1. The van der Waals surface area contributed by atoms with Gasteiger partial charge in [0.15, 0.2) is 23.0 Å². The molecule has 7 nitrogen and oxygen atoms in total. The van der Waals surface area contributed by atoms with Crippen LogP contribution in [0.5, 0.6) is 23.0 Å². The molecular formula is C28H40N2O5. The standard InChI is InChI=1S/C28H40N2O5/c1-19(2)28(29-18-31,22-10-11-24(32-4)27(16-22)35-7)12-8-9-23-13-20-14-25(33-5)26(34-6)15-21(20)17-30(23)3/h10-11,14-16,18-19,23H,8-9,12-13,17H2,1-7H3,(H,29,31). The number of ether oxygens (including phenoxy) is 4. The topological polar surface area (TPSA) is 69.3 Å². The number of nitrogens with zero attached hydrogens (tertiary/aromatic N) is 1. The van der Waals surface area contributed by atoms with Gasteiger partial charge in [0.05, 0.1) is 34.0 Å². The second-order valence-electron chi connectivity index (χ2n) is 9.60. The third kappa shape index (κ3) is 5.50. The first-order valence-corrected chi connectivity index (χ1v) is 12.2. The molecule has 3 rings (SSSR count). The van der Waals surface area contributed by atoms with Crippen LogP contribution in [0.2, 0.25) is 0 Å². The van der Waals surface area contributed by atoms with E-state index in [4.69, 9.17) is 18.9 Å². The quantitative estimate of drug-likeness (QED) is 0.446. The zero-order chi connectivity index (χ0) is 25.6. The fourth-order valence-corrected chi connectivity index (χ4v) is 5.35. The average molecular weight is 485 g/mol. The molecule has 7 heteroatoms. The van der Waals surface area contributed by atoms with Crippen molar-refractivity contribution in [1.82, 2.24) is 10.2 Å². The number of amides is 1. The van der Waals surface area contributed by atoms with Crippen LogP contribution in [0.15, 0.2) is 30.3 Å². The molecule has 2 unspecified atom stereocenters. The van der Waals surface area contributed by atoms with Crippen LogP contribution in [0.3, 0.4) is 0 Å². The van der Waals surface area contributed by atoms with E-state index >= 15 is 0 Å². The molecule has 0 bridgehead atoms. The average Bonchev–Trinajstić information content (AvgIpc) is 2.86. The summed E-state index contributed by atoms with van der Waals surface area (Å²) in [5.41, 5.74) is 3.12. The number of hydrogen-bond acceptors (Lipinski definition) is 6. The molecule has 1 N–H and O–H groups in total. The molecule has 2 aromatic carbocycles. The Hall–Kier alpha value is -2.93. The van der Waals surface area contributed by atoms with E-state index in [2.05, 4.69) is 43.2 Å². The smallest absolute Gasteiger partial charge is 0.207 e. The first kappa shape index (κ1) is 26.7. The number of hydrogen-bond donors (Lipinski definition) is 1. The number of benzene rings is 2. The van der Waals surface area contributed by atoms with Gasteiger partial charge >= 0.3 is 0 Å². The Labute approximate surface area is 209 Å². The Bertz CT molecular complexity index is 1010. The zero-order valence-corrected chi connectivity index (χ0v) is 22.1. The highest BCUT2D eigenvalue weighted by molar-refractivity contribution is 5.52. The molecule has 0 saturated carbocycles. The number of carbonyl (C=O) groups excluding carboxylic acids is 1. The summed E-state index contributed by atoms with van der Waals surface area (Å²) >= 11 is 0. The fraction of sp³-hybridized carbons (Fsp3) is 0.536. The summed E-state index contributed by atoms with van der Waals surface area (Å²) in [6, 6.07) is 10.5. The molecule has 1 aliphatic rings. The van der Waals surface area contributed by atoms with Crippen molar-refractivity contribution in [3.8, 4) is 23.0 Å². The maximum atomic E-state index is 11.7. The van der Waals surface area contributed by atoms with Crippen LogP contribution in [0.25, 0.3) is 0 Å². The van der Waals surface area contributed by atoms with Crippen LogP contribution in [-0.4, -0.2) is 52.8 Å². The van der Waals surface area contributed by atoms with Crippen molar-refractivity contribution in [3.63, 3.8) is 0 Å². The van der Waals surface area contributed by atoms with Crippen LogP contribution >= 0.6 is 0 Å². The Morgan fingerprint density at radius 2 is 1.57 bits per heavy atom. The lowest BCUT2D eigenvalue weighted by Gasteiger charge is -2.40. The molecule has 0 saturated heterocycles. The van der Waals surface area contributed by atoms with Crippen LogP contribution < -0.4 is 24.3 Å². The highest BCUT2D eigenvalue weighted by Crippen LogP contribution is 2.40. The van der Waals surface area contributed by atoms with Gasteiger partial charge in [0.2, 0.25) is 6.41 Å². The molecule has 1 amide bonds. The molecule has 0 aromatic heterocycles. The van der Waals surface area contributed by atoms with Crippen molar-refractivity contribution < 1.29 is 23.7 Å². The summed E-state index contributed by atoms with van der Waals surface area (Å²) in [4.78, 5) is 14.2. The van der Waals surface area contributed by atoms with Crippen molar-refractivity contribution in [2.45, 2.75) is 57.7 Å². The number of methoxy groups -OCH3 is 4. The minimum absolute atomic E-state index is 0.187. The van der Waals surface area contributed by atoms with Gasteiger partial charge < -0.3 is 24.3 Å². The first-order chi connectivity index (χ1) is 16.8. The van der Waals surface area contributed by atoms with Crippen molar-refractivity contribution in [1.29, 1.82) is 0 Å². The largest absolute Gasteiger partial charge is 0.493 e. The van der Waals surface area contributed by atoms with E-state index in [0.717, 1.165) is 55.7 Å². The highest BCUT2D eigenvalue weighted by atomic mass is 16.5. The van der Waals surface area contributed by atoms with Gasteiger partial charge in [0.1, 0.15) is 0 Å². The van der Waals surface area contributed by atoms with Crippen molar-refractivity contribution in [2.75, 3.05) is 35.5 Å². The second kappa shape index (κ2) is 11.7. The Morgan fingerprint density at radius 3 is 2.14 bits per heavy atom. The molecule has 1 heterocycles. The molecule has 0 fully saturated rings. The third-order valence-corrected chi connectivity index (χ3v) is 7.51. The number of rotatable bonds is 12. The molecule has 1 aliphatic heterocycles. The SMILES string of the molecule is COc1ccc(C(CCCC2Cc3cc(OC)c(OC)cc3CN2C)(NC=O)C(C)C)cc1OC. The second-order valence-corrected chi connectivity index (χ2v) is 9.60. The third-order valence-electron chi connectivity index (χ3n) is 7.51. The number of likely N-dealkylation sites (N-methyl/N-ethyl adjacent to an activating group) is 1. The van der Waals surface area contributed by atoms with Crippen molar-refractivity contribution in [3.05, 3.63) is 47.0 Å². The van der Waals surface area contributed by atoms with E-state index in [1.165, 1.54) is 11.1 Å². The minimum atomic E-state index is -0.497. The predicted molar refractivity (Wildman–Crippen MR) is 138 cm³/mol. The van der Waals surface area contributed by atoms with Crippen molar-refractivity contribution >= 4 is 6.41 Å². The summed E-state index contributed by atoms with van der Waals surface area (Å²) in [7, 11) is 8.79. The molecular weight excluding hydrogens is 444 g/mol. The van der Waals surface area contributed by atoms with E-state index in [1.54, 1.807) is 28.4 Å². The van der Waals surface area contributed by atoms with Crippen LogP contribution in [0, 0.1) is 5.92 Å². The monoisotopic (exact) mass is 484 g/mol.